The SMILES string of the molecule is Cc1ncc(C(=O)O)c(NC2CCC(C)CC2)n1. The summed E-state index contributed by atoms with van der Waals surface area (Å²) >= 11 is 0. The third kappa shape index (κ3) is 2.97. The van der Waals surface area contributed by atoms with Crippen LogP contribution in [-0.2, 0) is 0 Å². The normalized spacial score (nSPS) is 23.7. The molecule has 18 heavy (non-hydrogen) atoms. The molecule has 1 saturated carbocycles. The quantitative estimate of drug-likeness (QED) is 0.860. The number of hydrogen-bond donors (Lipinski definition) is 2. The molecule has 2 rings (SSSR count). The van der Waals surface area contributed by atoms with Gasteiger partial charge in [0.2, 0.25) is 0 Å². The monoisotopic (exact) mass is 249 g/mol. The molecule has 0 unspecified atom stereocenters. The van der Waals surface area contributed by atoms with E-state index in [1.165, 1.54) is 19.0 Å². The van der Waals surface area contributed by atoms with Gasteiger partial charge in [-0.15, -0.1) is 0 Å². The molecule has 0 spiro atoms. The molecule has 5 heteroatoms. The molecule has 0 saturated heterocycles. The number of anilines is 1. The van der Waals surface area contributed by atoms with Gasteiger partial charge in [0.05, 0.1) is 0 Å². The second-order valence-corrected chi connectivity index (χ2v) is 5.09. The van der Waals surface area contributed by atoms with Gasteiger partial charge >= 0.3 is 5.97 Å². The van der Waals surface area contributed by atoms with Crippen molar-refractivity contribution in [2.24, 2.45) is 5.92 Å². The maximum absolute atomic E-state index is 11.1. The number of aryl methyl sites for hydroxylation is 1. The summed E-state index contributed by atoms with van der Waals surface area (Å²) in [5.74, 6) is 0.831. The molecule has 0 atom stereocenters. The van der Waals surface area contributed by atoms with Crippen LogP contribution in [-0.4, -0.2) is 27.1 Å². The van der Waals surface area contributed by atoms with Gasteiger partial charge in [0.1, 0.15) is 17.2 Å². The maximum Gasteiger partial charge on any atom is 0.341 e. The van der Waals surface area contributed by atoms with Gasteiger partial charge < -0.3 is 10.4 Å². The third-order valence-electron chi connectivity index (χ3n) is 3.50. The smallest absolute Gasteiger partial charge is 0.341 e. The van der Waals surface area contributed by atoms with E-state index < -0.39 is 5.97 Å². The van der Waals surface area contributed by atoms with Crippen molar-refractivity contribution in [3.8, 4) is 0 Å². The highest BCUT2D eigenvalue weighted by molar-refractivity contribution is 5.92. The second-order valence-electron chi connectivity index (χ2n) is 5.09. The van der Waals surface area contributed by atoms with Crippen molar-refractivity contribution < 1.29 is 9.90 Å². The molecule has 1 aromatic heterocycles. The van der Waals surface area contributed by atoms with Crippen LogP contribution in [0.5, 0.6) is 0 Å². The molecule has 1 aromatic rings. The fourth-order valence-electron chi connectivity index (χ4n) is 2.33. The van der Waals surface area contributed by atoms with Crippen LogP contribution in [0.4, 0.5) is 5.82 Å². The Hall–Kier alpha value is -1.65. The van der Waals surface area contributed by atoms with Gasteiger partial charge in [-0.25, -0.2) is 14.8 Å². The minimum absolute atomic E-state index is 0.152. The average molecular weight is 249 g/mol. The zero-order valence-electron chi connectivity index (χ0n) is 10.8. The van der Waals surface area contributed by atoms with Crippen molar-refractivity contribution in [1.29, 1.82) is 0 Å². The predicted molar refractivity (Wildman–Crippen MR) is 68.8 cm³/mol. The van der Waals surface area contributed by atoms with Crippen molar-refractivity contribution in [2.45, 2.75) is 45.6 Å². The fraction of sp³-hybridized carbons (Fsp3) is 0.615. The minimum atomic E-state index is -0.985. The van der Waals surface area contributed by atoms with E-state index in [-0.39, 0.29) is 5.56 Å². The standard InChI is InChI=1S/C13H19N3O2/c1-8-3-5-10(6-4-8)16-12-11(13(17)18)7-14-9(2)15-12/h7-8,10H,3-6H2,1-2H3,(H,17,18)(H,14,15,16). The highest BCUT2D eigenvalue weighted by Gasteiger charge is 2.21. The first kappa shape index (κ1) is 12.8. The summed E-state index contributed by atoms with van der Waals surface area (Å²) in [5.41, 5.74) is 0.152. The molecular weight excluding hydrogens is 230 g/mol. The Balaban J connectivity index is 2.12. The largest absolute Gasteiger partial charge is 0.477 e. The molecule has 0 aromatic carbocycles. The van der Waals surface area contributed by atoms with Crippen molar-refractivity contribution >= 4 is 11.8 Å². The molecule has 1 aliphatic rings. The third-order valence-corrected chi connectivity index (χ3v) is 3.50. The average Bonchev–Trinajstić information content (AvgIpc) is 2.32. The molecule has 0 radical (unpaired) electrons. The number of carbonyl (C=O) groups is 1. The lowest BCUT2D eigenvalue weighted by Crippen LogP contribution is -2.27. The lowest BCUT2D eigenvalue weighted by atomic mass is 9.87. The number of carboxylic acid groups (broad SMARTS) is 1. The van der Waals surface area contributed by atoms with Gasteiger partial charge in [-0.3, -0.25) is 0 Å². The first-order valence-corrected chi connectivity index (χ1v) is 6.39. The van der Waals surface area contributed by atoms with Crippen LogP contribution in [0.15, 0.2) is 6.20 Å². The van der Waals surface area contributed by atoms with Gasteiger partial charge in [0, 0.05) is 12.2 Å². The second kappa shape index (κ2) is 5.33. The first-order valence-electron chi connectivity index (χ1n) is 6.39. The van der Waals surface area contributed by atoms with E-state index in [0.29, 0.717) is 17.7 Å². The number of carboxylic acids is 1. The summed E-state index contributed by atoms with van der Waals surface area (Å²) in [6.07, 6.45) is 5.89. The molecule has 1 fully saturated rings. The summed E-state index contributed by atoms with van der Waals surface area (Å²) in [4.78, 5) is 19.2. The molecular formula is C13H19N3O2. The minimum Gasteiger partial charge on any atom is -0.477 e. The fourth-order valence-corrected chi connectivity index (χ4v) is 2.33. The van der Waals surface area contributed by atoms with Crippen LogP contribution >= 0.6 is 0 Å². The molecule has 0 bridgehead atoms. The number of aromatic carboxylic acids is 1. The molecule has 0 aliphatic heterocycles. The summed E-state index contributed by atoms with van der Waals surface area (Å²) < 4.78 is 0. The highest BCUT2D eigenvalue weighted by atomic mass is 16.4. The van der Waals surface area contributed by atoms with Crippen LogP contribution in [0.3, 0.4) is 0 Å². The van der Waals surface area contributed by atoms with E-state index >= 15 is 0 Å². The Morgan fingerprint density at radius 3 is 2.67 bits per heavy atom. The van der Waals surface area contributed by atoms with Gasteiger partial charge in [0.25, 0.3) is 0 Å². The van der Waals surface area contributed by atoms with Gasteiger partial charge in [-0.2, -0.15) is 0 Å². The number of aromatic nitrogens is 2. The first-order chi connectivity index (χ1) is 8.56. The molecule has 2 N–H and O–H groups in total. The van der Waals surface area contributed by atoms with Gasteiger partial charge in [0.15, 0.2) is 0 Å². The Bertz CT molecular complexity index is 440. The summed E-state index contributed by atoms with van der Waals surface area (Å²) in [5, 5.41) is 12.4. The van der Waals surface area contributed by atoms with E-state index in [9.17, 15) is 4.79 Å². The van der Waals surface area contributed by atoms with E-state index in [1.807, 2.05) is 0 Å². The highest BCUT2D eigenvalue weighted by Crippen LogP contribution is 2.26. The van der Waals surface area contributed by atoms with Crippen LogP contribution in [0.25, 0.3) is 0 Å². The van der Waals surface area contributed by atoms with Gasteiger partial charge in [-0.05, 0) is 38.5 Å². The van der Waals surface area contributed by atoms with E-state index in [0.717, 1.165) is 18.8 Å². The van der Waals surface area contributed by atoms with Crippen molar-refractivity contribution in [2.75, 3.05) is 5.32 Å². The lowest BCUT2D eigenvalue weighted by molar-refractivity contribution is 0.0697. The molecule has 5 nitrogen and oxygen atoms in total. The Morgan fingerprint density at radius 1 is 1.39 bits per heavy atom. The number of hydrogen-bond acceptors (Lipinski definition) is 4. The van der Waals surface area contributed by atoms with Crippen molar-refractivity contribution in [3.63, 3.8) is 0 Å². The zero-order valence-corrected chi connectivity index (χ0v) is 10.8. The Kier molecular flexibility index (Phi) is 3.79. The van der Waals surface area contributed by atoms with E-state index in [1.54, 1.807) is 6.92 Å². The predicted octanol–water partition coefficient (Wildman–Crippen LogP) is 2.47. The van der Waals surface area contributed by atoms with Crippen LogP contribution in [0.1, 0.15) is 48.8 Å². The zero-order chi connectivity index (χ0) is 13.1. The Morgan fingerprint density at radius 2 is 2.06 bits per heavy atom. The lowest BCUT2D eigenvalue weighted by Gasteiger charge is -2.27. The van der Waals surface area contributed by atoms with Crippen LogP contribution < -0.4 is 5.32 Å². The summed E-state index contributed by atoms with van der Waals surface area (Å²) in [6, 6.07) is 0.327. The number of nitrogens with one attached hydrogen (secondary N) is 1. The van der Waals surface area contributed by atoms with E-state index in [2.05, 4.69) is 22.2 Å². The molecule has 98 valence electrons. The van der Waals surface area contributed by atoms with Gasteiger partial charge in [-0.1, -0.05) is 6.92 Å². The molecule has 1 aliphatic carbocycles. The van der Waals surface area contributed by atoms with Crippen LogP contribution in [0.2, 0.25) is 0 Å². The van der Waals surface area contributed by atoms with Crippen molar-refractivity contribution in [1.82, 2.24) is 9.97 Å². The number of nitrogens with zero attached hydrogens (tertiary/aromatic N) is 2. The summed E-state index contributed by atoms with van der Waals surface area (Å²) in [7, 11) is 0. The van der Waals surface area contributed by atoms with Crippen LogP contribution in [0, 0.1) is 12.8 Å². The Labute approximate surface area is 107 Å². The molecule has 0 amide bonds. The summed E-state index contributed by atoms with van der Waals surface area (Å²) in [6.45, 7) is 4.02. The molecule has 1 heterocycles. The maximum atomic E-state index is 11.1. The topological polar surface area (TPSA) is 75.1 Å². The van der Waals surface area contributed by atoms with E-state index in [4.69, 9.17) is 5.11 Å². The number of rotatable bonds is 3. The van der Waals surface area contributed by atoms with Crippen molar-refractivity contribution in [3.05, 3.63) is 17.6 Å².